The summed E-state index contributed by atoms with van der Waals surface area (Å²) in [7, 11) is 0. The minimum atomic E-state index is 0.287. The molecule has 1 aliphatic rings. The first-order valence-electron chi connectivity index (χ1n) is 6.01. The molecular formula is C13H21NS. The topological polar surface area (TPSA) is 26.0 Å². The molecule has 1 unspecified atom stereocenters. The fraction of sp³-hybridized carbons (Fsp3) is 0.692. The Morgan fingerprint density at radius 2 is 1.93 bits per heavy atom. The molecule has 1 fully saturated rings. The second-order valence-electron chi connectivity index (χ2n) is 4.79. The van der Waals surface area contributed by atoms with Crippen LogP contribution >= 0.6 is 11.3 Å². The van der Waals surface area contributed by atoms with Crippen molar-refractivity contribution in [3.63, 3.8) is 0 Å². The Hall–Kier alpha value is -0.340. The number of nitrogens with two attached hydrogens (primary N) is 1. The quantitative estimate of drug-likeness (QED) is 0.807. The second-order valence-corrected chi connectivity index (χ2v) is 6.25. The van der Waals surface area contributed by atoms with Crippen LogP contribution in [0.2, 0.25) is 0 Å². The molecule has 1 nitrogen and oxygen atoms in total. The van der Waals surface area contributed by atoms with E-state index in [0.29, 0.717) is 0 Å². The average Bonchev–Trinajstić information content (AvgIpc) is 2.58. The van der Waals surface area contributed by atoms with E-state index in [1.54, 1.807) is 0 Å². The zero-order chi connectivity index (χ0) is 10.8. The molecule has 1 aliphatic carbocycles. The molecule has 2 N–H and O–H groups in total. The first kappa shape index (κ1) is 11.2. The molecule has 2 rings (SSSR count). The van der Waals surface area contributed by atoms with Gasteiger partial charge in [-0.25, -0.2) is 0 Å². The van der Waals surface area contributed by atoms with Crippen LogP contribution in [0.4, 0.5) is 0 Å². The number of hydrogen-bond acceptors (Lipinski definition) is 2. The Balaban J connectivity index is 2.12. The number of hydrogen-bond donors (Lipinski definition) is 1. The maximum atomic E-state index is 6.39. The Morgan fingerprint density at radius 3 is 2.47 bits per heavy atom. The van der Waals surface area contributed by atoms with E-state index in [-0.39, 0.29) is 6.04 Å². The maximum absolute atomic E-state index is 6.39. The number of thiophene rings is 1. The smallest absolute Gasteiger partial charge is 0.0334 e. The van der Waals surface area contributed by atoms with Crippen LogP contribution in [0.1, 0.15) is 53.5 Å². The van der Waals surface area contributed by atoms with E-state index in [0.717, 1.165) is 5.92 Å². The van der Waals surface area contributed by atoms with E-state index in [1.165, 1.54) is 47.4 Å². The minimum absolute atomic E-state index is 0.287. The van der Waals surface area contributed by atoms with Gasteiger partial charge in [-0.05, 0) is 44.2 Å². The van der Waals surface area contributed by atoms with Gasteiger partial charge in [0.15, 0.2) is 0 Å². The summed E-state index contributed by atoms with van der Waals surface area (Å²) in [6.45, 7) is 4.38. The van der Waals surface area contributed by atoms with E-state index in [1.807, 2.05) is 11.3 Å². The van der Waals surface area contributed by atoms with Gasteiger partial charge in [0.25, 0.3) is 0 Å². The van der Waals surface area contributed by atoms with Crippen molar-refractivity contribution >= 4 is 11.3 Å². The molecule has 0 amide bonds. The van der Waals surface area contributed by atoms with E-state index >= 15 is 0 Å². The average molecular weight is 223 g/mol. The third kappa shape index (κ3) is 2.43. The van der Waals surface area contributed by atoms with Crippen LogP contribution in [-0.4, -0.2) is 0 Å². The van der Waals surface area contributed by atoms with Gasteiger partial charge in [0.2, 0.25) is 0 Å². The Bertz CT molecular complexity index is 323. The summed E-state index contributed by atoms with van der Waals surface area (Å²) >= 11 is 1.88. The standard InChI is InChI=1S/C13H21NS/c1-9-8-12(10(2)15-9)13(14)11-6-4-3-5-7-11/h8,11,13H,3-7,14H2,1-2H3. The van der Waals surface area contributed by atoms with E-state index in [9.17, 15) is 0 Å². The van der Waals surface area contributed by atoms with Crippen LogP contribution in [0.3, 0.4) is 0 Å². The fourth-order valence-electron chi connectivity index (χ4n) is 2.73. The highest BCUT2D eigenvalue weighted by atomic mass is 32.1. The second kappa shape index (κ2) is 4.67. The molecule has 0 aromatic carbocycles. The molecule has 1 aromatic rings. The molecule has 0 spiro atoms. The van der Waals surface area contributed by atoms with Crippen LogP contribution < -0.4 is 5.73 Å². The molecule has 0 radical (unpaired) electrons. The molecule has 15 heavy (non-hydrogen) atoms. The zero-order valence-corrected chi connectivity index (χ0v) is 10.6. The molecule has 0 bridgehead atoms. The number of aryl methyl sites for hydroxylation is 2. The van der Waals surface area contributed by atoms with E-state index in [4.69, 9.17) is 5.73 Å². The molecular weight excluding hydrogens is 202 g/mol. The van der Waals surface area contributed by atoms with Crippen molar-refractivity contribution in [1.82, 2.24) is 0 Å². The lowest BCUT2D eigenvalue weighted by atomic mass is 9.81. The van der Waals surface area contributed by atoms with Crippen molar-refractivity contribution in [2.45, 2.75) is 52.0 Å². The highest BCUT2D eigenvalue weighted by molar-refractivity contribution is 7.12. The summed E-state index contributed by atoms with van der Waals surface area (Å²) in [5, 5.41) is 0. The molecule has 2 heteroatoms. The van der Waals surface area contributed by atoms with Gasteiger partial charge in [0.1, 0.15) is 0 Å². The first-order valence-corrected chi connectivity index (χ1v) is 6.82. The summed E-state index contributed by atoms with van der Waals surface area (Å²) in [6.07, 6.45) is 6.82. The van der Waals surface area contributed by atoms with Gasteiger partial charge in [-0.2, -0.15) is 0 Å². The Morgan fingerprint density at radius 1 is 1.27 bits per heavy atom. The minimum Gasteiger partial charge on any atom is -0.324 e. The van der Waals surface area contributed by atoms with Crippen LogP contribution in [0.15, 0.2) is 6.07 Å². The van der Waals surface area contributed by atoms with Crippen molar-refractivity contribution in [1.29, 1.82) is 0 Å². The lowest BCUT2D eigenvalue weighted by Gasteiger charge is -2.27. The lowest BCUT2D eigenvalue weighted by molar-refractivity contribution is 0.308. The zero-order valence-electron chi connectivity index (χ0n) is 9.75. The van der Waals surface area contributed by atoms with Gasteiger partial charge in [-0.1, -0.05) is 19.3 Å². The summed E-state index contributed by atoms with van der Waals surface area (Å²) in [5.74, 6) is 0.728. The Kier molecular flexibility index (Phi) is 3.47. The SMILES string of the molecule is Cc1cc(C(N)C2CCCCC2)c(C)s1. The fourth-order valence-corrected chi connectivity index (χ4v) is 3.71. The van der Waals surface area contributed by atoms with Crippen molar-refractivity contribution in [3.05, 3.63) is 21.4 Å². The van der Waals surface area contributed by atoms with Crippen molar-refractivity contribution in [2.75, 3.05) is 0 Å². The summed E-state index contributed by atoms with van der Waals surface area (Å²) in [4.78, 5) is 2.82. The normalized spacial score (nSPS) is 20.5. The summed E-state index contributed by atoms with van der Waals surface area (Å²) < 4.78 is 0. The van der Waals surface area contributed by atoms with Crippen LogP contribution in [0.5, 0.6) is 0 Å². The van der Waals surface area contributed by atoms with Gasteiger partial charge < -0.3 is 5.73 Å². The van der Waals surface area contributed by atoms with Gasteiger partial charge >= 0.3 is 0 Å². The molecule has 0 aliphatic heterocycles. The maximum Gasteiger partial charge on any atom is 0.0334 e. The Labute approximate surface area is 96.7 Å². The van der Waals surface area contributed by atoms with Crippen LogP contribution in [0, 0.1) is 19.8 Å². The summed E-state index contributed by atoms with van der Waals surface area (Å²) in [6, 6.07) is 2.58. The third-order valence-electron chi connectivity index (χ3n) is 3.60. The van der Waals surface area contributed by atoms with Gasteiger partial charge in [0, 0.05) is 15.8 Å². The molecule has 1 saturated carbocycles. The van der Waals surface area contributed by atoms with E-state index in [2.05, 4.69) is 19.9 Å². The highest BCUT2D eigenvalue weighted by Gasteiger charge is 2.23. The molecule has 1 atom stereocenters. The third-order valence-corrected chi connectivity index (χ3v) is 4.58. The van der Waals surface area contributed by atoms with Gasteiger partial charge in [-0.15, -0.1) is 11.3 Å². The first-order chi connectivity index (χ1) is 7.18. The van der Waals surface area contributed by atoms with E-state index < -0.39 is 0 Å². The molecule has 1 aromatic heterocycles. The lowest BCUT2D eigenvalue weighted by Crippen LogP contribution is -2.23. The molecule has 1 heterocycles. The summed E-state index contributed by atoms with van der Waals surface area (Å²) in [5.41, 5.74) is 7.80. The predicted octanol–water partition coefficient (Wildman–Crippen LogP) is 3.95. The van der Waals surface area contributed by atoms with Crippen LogP contribution in [-0.2, 0) is 0 Å². The van der Waals surface area contributed by atoms with Crippen molar-refractivity contribution in [2.24, 2.45) is 11.7 Å². The highest BCUT2D eigenvalue weighted by Crippen LogP contribution is 2.36. The van der Waals surface area contributed by atoms with Crippen molar-refractivity contribution < 1.29 is 0 Å². The monoisotopic (exact) mass is 223 g/mol. The molecule has 84 valence electrons. The molecule has 0 saturated heterocycles. The van der Waals surface area contributed by atoms with Gasteiger partial charge in [-0.3, -0.25) is 0 Å². The van der Waals surface area contributed by atoms with Crippen LogP contribution in [0.25, 0.3) is 0 Å². The predicted molar refractivity (Wildman–Crippen MR) is 67.3 cm³/mol. The number of rotatable bonds is 2. The van der Waals surface area contributed by atoms with Crippen molar-refractivity contribution in [3.8, 4) is 0 Å². The van der Waals surface area contributed by atoms with Gasteiger partial charge in [0.05, 0.1) is 0 Å². The largest absolute Gasteiger partial charge is 0.324 e.